The van der Waals surface area contributed by atoms with E-state index >= 15 is 0 Å². The highest BCUT2D eigenvalue weighted by Crippen LogP contribution is 2.30. The van der Waals surface area contributed by atoms with E-state index in [0.29, 0.717) is 19.3 Å². The number of carbonyl (C=O) groups excluding carboxylic acids is 1. The first-order chi connectivity index (χ1) is 5.10. The van der Waals surface area contributed by atoms with Crippen molar-refractivity contribution in [1.29, 1.82) is 0 Å². The Hall–Kier alpha value is -0.410. The van der Waals surface area contributed by atoms with E-state index in [4.69, 9.17) is 5.11 Å². The van der Waals surface area contributed by atoms with Crippen LogP contribution in [0.5, 0.6) is 0 Å². The van der Waals surface area contributed by atoms with Gasteiger partial charge in [0.25, 0.3) is 0 Å². The second kappa shape index (κ2) is 2.91. The van der Waals surface area contributed by atoms with Crippen LogP contribution in [0.3, 0.4) is 0 Å². The van der Waals surface area contributed by atoms with Crippen molar-refractivity contribution in [3.8, 4) is 0 Å². The molecule has 1 saturated carbocycles. The summed E-state index contributed by atoms with van der Waals surface area (Å²) in [5.41, 5.74) is -1.21. The van der Waals surface area contributed by atoms with E-state index in [0.717, 1.165) is 6.42 Å². The van der Waals surface area contributed by atoms with Crippen LogP contribution in [0.4, 0.5) is 0 Å². The van der Waals surface area contributed by atoms with Gasteiger partial charge in [-0.15, -0.1) is 0 Å². The van der Waals surface area contributed by atoms with E-state index in [-0.39, 0.29) is 5.78 Å². The van der Waals surface area contributed by atoms with Gasteiger partial charge in [-0.1, -0.05) is 13.3 Å². The number of carbonyl (C=O) groups is 1. The fourth-order valence-corrected chi connectivity index (χ4v) is 1.60. The minimum atomic E-state index is -1.21. The van der Waals surface area contributed by atoms with Gasteiger partial charge in [0.05, 0.1) is 0 Å². The van der Waals surface area contributed by atoms with Crippen LogP contribution in [0.1, 0.15) is 32.6 Å². The summed E-state index contributed by atoms with van der Waals surface area (Å²) < 4.78 is 0. The average Bonchev–Trinajstić information content (AvgIpc) is 2.19. The second-order valence-electron chi connectivity index (χ2n) is 3.20. The molecule has 64 valence electrons. The Balaban J connectivity index is 2.65. The summed E-state index contributed by atoms with van der Waals surface area (Å²) in [5, 5.41) is 18.7. The lowest BCUT2D eigenvalue weighted by Gasteiger charge is -2.18. The van der Waals surface area contributed by atoms with Gasteiger partial charge in [0.1, 0.15) is 11.7 Å². The topological polar surface area (TPSA) is 57.5 Å². The first-order valence-corrected chi connectivity index (χ1v) is 4.05. The van der Waals surface area contributed by atoms with Crippen LogP contribution in [-0.4, -0.2) is 27.7 Å². The summed E-state index contributed by atoms with van der Waals surface area (Å²) in [6, 6.07) is 0. The van der Waals surface area contributed by atoms with E-state index in [9.17, 15) is 9.90 Å². The number of hydrogen-bond acceptors (Lipinski definition) is 3. The van der Waals surface area contributed by atoms with Crippen molar-refractivity contribution in [2.75, 3.05) is 0 Å². The molecule has 0 saturated heterocycles. The highest BCUT2D eigenvalue weighted by Gasteiger charge is 2.44. The van der Waals surface area contributed by atoms with E-state index < -0.39 is 11.7 Å². The molecule has 2 N–H and O–H groups in total. The van der Waals surface area contributed by atoms with Crippen LogP contribution >= 0.6 is 0 Å². The van der Waals surface area contributed by atoms with Gasteiger partial charge in [0, 0.05) is 0 Å². The standard InChI is InChI=1S/C8H14O3/c1-2-4-8(11)5-3-6(9)7(8)10/h6,9,11H,2-5H2,1H3. The number of ketones is 1. The minimum absolute atomic E-state index is 0.389. The Kier molecular flexibility index (Phi) is 2.30. The zero-order chi connectivity index (χ0) is 8.48. The van der Waals surface area contributed by atoms with Crippen molar-refractivity contribution in [3.63, 3.8) is 0 Å². The smallest absolute Gasteiger partial charge is 0.192 e. The molecule has 0 aromatic carbocycles. The van der Waals surface area contributed by atoms with Crippen molar-refractivity contribution in [2.24, 2.45) is 0 Å². The molecule has 0 amide bonds. The zero-order valence-corrected chi connectivity index (χ0v) is 6.71. The maximum absolute atomic E-state index is 11.1. The van der Waals surface area contributed by atoms with Gasteiger partial charge in [0.15, 0.2) is 5.78 Å². The Morgan fingerprint density at radius 1 is 1.73 bits per heavy atom. The van der Waals surface area contributed by atoms with Gasteiger partial charge < -0.3 is 10.2 Å². The number of hydrogen-bond donors (Lipinski definition) is 2. The largest absolute Gasteiger partial charge is 0.385 e. The third-order valence-corrected chi connectivity index (χ3v) is 2.26. The molecule has 0 spiro atoms. The molecule has 0 aromatic heterocycles. The predicted octanol–water partition coefficient (Wildman–Crippen LogP) is 0.241. The monoisotopic (exact) mass is 158 g/mol. The first-order valence-electron chi connectivity index (χ1n) is 4.05. The van der Waals surface area contributed by atoms with Crippen molar-refractivity contribution < 1.29 is 15.0 Å². The fraction of sp³-hybridized carbons (Fsp3) is 0.875. The highest BCUT2D eigenvalue weighted by molar-refractivity contribution is 5.92. The van der Waals surface area contributed by atoms with Crippen LogP contribution in [0, 0.1) is 0 Å². The van der Waals surface area contributed by atoms with Gasteiger partial charge in [-0.25, -0.2) is 0 Å². The van der Waals surface area contributed by atoms with Crippen molar-refractivity contribution in [3.05, 3.63) is 0 Å². The van der Waals surface area contributed by atoms with Crippen molar-refractivity contribution in [1.82, 2.24) is 0 Å². The summed E-state index contributed by atoms with van der Waals surface area (Å²) in [6.45, 7) is 1.91. The maximum atomic E-state index is 11.1. The van der Waals surface area contributed by atoms with Crippen LogP contribution in [-0.2, 0) is 4.79 Å². The molecular formula is C8H14O3. The third kappa shape index (κ3) is 1.44. The Labute approximate surface area is 66.0 Å². The normalized spacial score (nSPS) is 38.1. The van der Waals surface area contributed by atoms with Crippen molar-refractivity contribution >= 4 is 5.78 Å². The van der Waals surface area contributed by atoms with Gasteiger partial charge in [0.2, 0.25) is 0 Å². The Morgan fingerprint density at radius 2 is 2.36 bits per heavy atom. The fourth-order valence-electron chi connectivity index (χ4n) is 1.60. The quantitative estimate of drug-likeness (QED) is 0.605. The third-order valence-electron chi connectivity index (χ3n) is 2.26. The molecule has 2 atom stereocenters. The van der Waals surface area contributed by atoms with Crippen molar-refractivity contribution in [2.45, 2.75) is 44.3 Å². The van der Waals surface area contributed by atoms with Crippen LogP contribution in [0.25, 0.3) is 0 Å². The lowest BCUT2D eigenvalue weighted by atomic mass is 9.95. The lowest BCUT2D eigenvalue weighted by Crippen LogP contribution is -2.37. The predicted molar refractivity (Wildman–Crippen MR) is 40.1 cm³/mol. The molecule has 11 heavy (non-hydrogen) atoms. The number of aliphatic hydroxyl groups is 2. The molecule has 0 bridgehead atoms. The molecule has 1 rings (SSSR count). The summed E-state index contributed by atoms with van der Waals surface area (Å²) >= 11 is 0. The minimum Gasteiger partial charge on any atom is -0.385 e. The Morgan fingerprint density at radius 3 is 2.73 bits per heavy atom. The molecule has 2 unspecified atom stereocenters. The van der Waals surface area contributed by atoms with Gasteiger partial charge >= 0.3 is 0 Å². The van der Waals surface area contributed by atoms with E-state index in [1.807, 2.05) is 6.92 Å². The highest BCUT2D eigenvalue weighted by atomic mass is 16.3. The molecule has 3 heteroatoms. The number of aliphatic hydroxyl groups excluding tert-OH is 1. The molecule has 0 aromatic rings. The van der Waals surface area contributed by atoms with E-state index in [2.05, 4.69) is 0 Å². The number of rotatable bonds is 2. The zero-order valence-electron chi connectivity index (χ0n) is 6.71. The summed E-state index contributed by atoms with van der Waals surface area (Å²) in [7, 11) is 0. The van der Waals surface area contributed by atoms with E-state index in [1.54, 1.807) is 0 Å². The molecule has 0 aliphatic heterocycles. The summed E-state index contributed by atoms with van der Waals surface area (Å²) in [5.74, 6) is -0.389. The second-order valence-corrected chi connectivity index (χ2v) is 3.20. The van der Waals surface area contributed by atoms with Gasteiger partial charge in [-0.05, 0) is 19.3 Å². The average molecular weight is 158 g/mol. The molecule has 1 aliphatic rings. The summed E-state index contributed by atoms with van der Waals surface area (Å²) in [6.07, 6.45) is 1.15. The molecule has 1 aliphatic carbocycles. The van der Waals surface area contributed by atoms with Crippen LogP contribution in [0.15, 0.2) is 0 Å². The molecule has 0 radical (unpaired) electrons. The van der Waals surface area contributed by atoms with Crippen LogP contribution in [0.2, 0.25) is 0 Å². The SMILES string of the molecule is CCCC1(O)CCC(O)C1=O. The Bertz CT molecular complexity index is 163. The maximum Gasteiger partial charge on any atom is 0.192 e. The summed E-state index contributed by atoms with van der Waals surface area (Å²) in [4.78, 5) is 11.1. The molecule has 0 heterocycles. The van der Waals surface area contributed by atoms with Gasteiger partial charge in [-0.3, -0.25) is 4.79 Å². The first kappa shape index (κ1) is 8.68. The number of Topliss-reactive ketones (excluding diaryl/α,β-unsaturated/α-hetero) is 1. The van der Waals surface area contributed by atoms with Crippen LogP contribution < -0.4 is 0 Å². The van der Waals surface area contributed by atoms with E-state index in [1.165, 1.54) is 0 Å². The molecule has 1 fully saturated rings. The molecular weight excluding hydrogens is 144 g/mol. The van der Waals surface area contributed by atoms with Gasteiger partial charge in [-0.2, -0.15) is 0 Å². The lowest BCUT2D eigenvalue weighted by molar-refractivity contribution is -0.140. The molecule has 3 nitrogen and oxygen atoms in total.